The molecular formula is C13H13N3O2. The van der Waals surface area contributed by atoms with E-state index in [1.807, 2.05) is 6.07 Å². The molecular weight excluding hydrogens is 230 g/mol. The molecule has 0 fully saturated rings. The van der Waals surface area contributed by atoms with E-state index in [4.69, 9.17) is 0 Å². The highest BCUT2D eigenvalue weighted by molar-refractivity contribution is 5.86. The van der Waals surface area contributed by atoms with Crippen LogP contribution in [0.4, 0.5) is 0 Å². The Morgan fingerprint density at radius 3 is 2.94 bits per heavy atom. The van der Waals surface area contributed by atoms with Crippen LogP contribution >= 0.6 is 0 Å². The average molecular weight is 243 g/mol. The number of hydrogen-bond acceptors (Lipinski definition) is 3. The zero-order chi connectivity index (χ0) is 13.1. The molecule has 0 saturated carbocycles. The summed E-state index contributed by atoms with van der Waals surface area (Å²) in [6.07, 6.45) is 1.18. The number of aromatic nitrogens is 2. The summed E-state index contributed by atoms with van der Waals surface area (Å²) in [6, 6.07) is 7.12. The zero-order valence-electron chi connectivity index (χ0n) is 10.0. The largest absolute Gasteiger partial charge is 0.345 e. The quantitative estimate of drug-likeness (QED) is 0.808. The Balaban J connectivity index is 2.45. The number of benzene rings is 1. The number of hydrogen-bond donors (Lipinski definition) is 1. The van der Waals surface area contributed by atoms with E-state index in [0.717, 1.165) is 0 Å². The van der Waals surface area contributed by atoms with E-state index in [-0.39, 0.29) is 18.0 Å². The van der Waals surface area contributed by atoms with Crippen LogP contribution in [0.25, 0.3) is 10.9 Å². The van der Waals surface area contributed by atoms with Gasteiger partial charge >= 0.3 is 0 Å². The third-order valence-electron chi connectivity index (χ3n) is 2.68. The van der Waals surface area contributed by atoms with Crippen LogP contribution in [0, 0.1) is 0 Å². The van der Waals surface area contributed by atoms with Crippen LogP contribution < -0.4 is 10.9 Å². The summed E-state index contributed by atoms with van der Waals surface area (Å²) in [6.45, 7) is 3.56. The molecule has 0 unspecified atom stereocenters. The minimum atomic E-state index is -0.294. The normalized spacial score (nSPS) is 10.3. The highest BCUT2D eigenvalue weighted by Crippen LogP contribution is 2.06. The Morgan fingerprint density at radius 1 is 1.50 bits per heavy atom. The molecule has 18 heavy (non-hydrogen) atoms. The van der Waals surface area contributed by atoms with Gasteiger partial charge in [0.2, 0.25) is 5.91 Å². The van der Waals surface area contributed by atoms with Crippen molar-refractivity contribution in [3.05, 3.63) is 53.1 Å². The van der Waals surface area contributed by atoms with Crippen LogP contribution in [0.5, 0.6) is 0 Å². The lowest BCUT2D eigenvalue weighted by molar-refractivity contribution is -0.116. The van der Waals surface area contributed by atoms with Crippen molar-refractivity contribution >= 4 is 16.8 Å². The molecule has 5 heteroatoms. The molecule has 1 amide bonds. The van der Waals surface area contributed by atoms with Crippen molar-refractivity contribution < 1.29 is 4.79 Å². The molecule has 1 aromatic carbocycles. The second kappa shape index (κ2) is 4.83. The van der Waals surface area contributed by atoms with Gasteiger partial charge in [-0.2, -0.15) is 0 Å². The molecule has 0 radical (unpaired) electrons. The van der Waals surface area contributed by atoms with Crippen molar-refractivity contribution in [1.29, 1.82) is 0 Å². The molecule has 0 aliphatic rings. The van der Waals surface area contributed by atoms with Crippen molar-refractivity contribution in [2.24, 2.45) is 7.05 Å². The molecule has 5 nitrogen and oxygen atoms in total. The Bertz CT molecular complexity index is 673. The summed E-state index contributed by atoms with van der Waals surface area (Å²) >= 11 is 0. The van der Waals surface area contributed by atoms with Crippen molar-refractivity contribution in [1.82, 2.24) is 14.9 Å². The molecule has 1 aromatic heterocycles. The zero-order valence-corrected chi connectivity index (χ0v) is 10.0. The molecule has 0 bridgehead atoms. The van der Waals surface area contributed by atoms with Crippen molar-refractivity contribution in [2.75, 3.05) is 0 Å². The Labute approximate surface area is 104 Å². The van der Waals surface area contributed by atoms with Gasteiger partial charge in [0, 0.05) is 7.05 Å². The lowest BCUT2D eigenvalue weighted by atomic mass is 10.2. The minimum absolute atomic E-state index is 0.122. The fourth-order valence-electron chi connectivity index (χ4n) is 1.66. The van der Waals surface area contributed by atoms with E-state index >= 15 is 0 Å². The van der Waals surface area contributed by atoms with Gasteiger partial charge in [-0.3, -0.25) is 14.2 Å². The van der Waals surface area contributed by atoms with Gasteiger partial charge in [-0.15, -0.1) is 0 Å². The molecule has 2 rings (SSSR count). The van der Waals surface area contributed by atoms with Crippen molar-refractivity contribution in [2.45, 2.75) is 6.54 Å². The van der Waals surface area contributed by atoms with E-state index in [1.54, 1.807) is 25.2 Å². The van der Waals surface area contributed by atoms with Crippen molar-refractivity contribution in [3.8, 4) is 0 Å². The Kier molecular flexibility index (Phi) is 3.23. The number of fused-ring (bicyclic) bond motifs is 1. The maximum Gasteiger partial charge on any atom is 0.261 e. The predicted molar refractivity (Wildman–Crippen MR) is 69.0 cm³/mol. The van der Waals surface area contributed by atoms with Crippen LogP contribution in [-0.4, -0.2) is 15.5 Å². The lowest BCUT2D eigenvalue weighted by Gasteiger charge is -2.09. The van der Waals surface area contributed by atoms with Gasteiger partial charge in [0.15, 0.2) is 0 Å². The number of carbonyl (C=O) groups excluding carboxylic acids is 1. The number of para-hydroxylation sites is 1. The molecule has 92 valence electrons. The van der Waals surface area contributed by atoms with Gasteiger partial charge in [-0.05, 0) is 18.2 Å². The summed E-state index contributed by atoms with van der Waals surface area (Å²) in [5.41, 5.74) is 0.506. The molecule has 1 heterocycles. The van der Waals surface area contributed by atoms with Gasteiger partial charge in [-0.1, -0.05) is 18.7 Å². The van der Waals surface area contributed by atoms with Crippen LogP contribution in [0.15, 0.2) is 41.7 Å². The molecule has 0 aliphatic heterocycles. The van der Waals surface area contributed by atoms with Gasteiger partial charge in [0.25, 0.3) is 5.56 Å². The van der Waals surface area contributed by atoms with Crippen molar-refractivity contribution in [3.63, 3.8) is 0 Å². The minimum Gasteiger partial charge on any atom is -0.345 e. The van der Waals surface area contributed by atoms with E-state index < -0.39 is 0 Å². The van der Waals surface area contributed by atoms with E-state index in [2.05, 4.69) is 16.9 Å². The molecule has 2 aromatic rings. The average Bonchev–Trinajstić information content (AvgIpc) is 2.41. The number of rotatable bonds is 3. The van der Waals surface area contributed by atoms with E-state index in [1.165, 1.54) is 10.6 Å². The van der Waals surface area contributed by atoms with Gasteiger partial charge in [0.1, 0.15) is 5.82 Å². The molecule has 0 saturated heterocycles. The first-order valence-corrected chi connectivity index (χ1v) is 5.48. The molecule has 0 atom stereocenters. The third-order valence-corrected chi connectivity index (χ3v) is 2.68. The summed E-state index contributed by atoms with van der Waals surface area (Å²) in [5.74, 6) is 0.214. The number of nitrogens with zero attached hydrogens (tertiary/aromatic N) is 2. The van der Waals surface area contributed by atoms with Crippen LogP contribution in [0.1, 0.15) is 5.82 Å². The molecule has 1 N–H and O–H groups in total. The summed E-state index contributed by atoms with van der Waals surface area (Å²) < 4.78 is 1.44. The highest BCUT2D eigenvalue weighted by atomic mass is 16.1. The second-order valence-electron chi connectivity index (χ2n) is 3.83. The second-order valence-corrected chi connectivity index (χ2v) is 3.83. The number of amides is 1. The first kappa shape index (κ1) is 12.0. The van der Waals surface area contributed by atoms with Crippen LogP contribution in [0.2, 0.25) is 0 Å². The Hall–Kier alpha value is -2.43. The summed E-state index contributed by atoms with van der Waals surface area (Å²) in [5, 5.41) is 3.17. The van der Waals surface area contributed by atoms with Gasteiger partial charge < -0.3 is 5.32 Å². The predicted octanol–water partition coefficient (Wildman–Crippen LogP) is 0.736. The Morgan fingerprint density at radius 2 is 2.22 bits per heavy atom. The first-order chi connectivity index (χ1) is 8.63. The van der Waals surface area contributed by atoms with Gasteiger partial charge in [0.05, 0.1) is 17.4 Å². The number of nitrogens with one attached hydrogen (secondary N) is 1. The first-order valence-electron chi connectivity index (χ1n) is 5.48. The third kappa shape index (κ3) is 2.15. The summed E-state index contributed by atoms with van der Waals surface area (Å²) in [7, 11) is 1.64. The smallest absolute Gasteiger partial charge is 0.261 e. The molecule has 0 aliphatic carbocycles. The summed E-state index contributed by atoms with van der Waals surface area (Å²) in [4.78, 5) is 27.5. The van der Waals surface area contributed by atoms with E-state index in [0.29, 0.717) is 16.7 Å². The van der Waals surface area contributed by atoms with Gasteiger partial charge in [-0.25, -0.2) is 4.98 Å². The maximum atomic E-state index is 12.1. The SMILES string of the molecule is C=CC(=O)NCc1nc2ccccc2c(=O)n1C. The topological polar surface area (TPSA) is 64.0 Å². The number of carbonyl (C=O) groups is 1. The van der Waals surface area contributed by atoms with Crippen LogP contribution in [0.3, 0.4) is 0 Å². The fourth-order valence-corrected chi connectivity index (χ4v) is 1.66. The van der Waals surface area contributed by atoms with E-state index in [9.17, 15) is 9.59 Å². The lowest BCUT2D eigenvalue weighted by Crippen LogP contribution is -2.28. The highest BCUT2D eigenvalue weighted by Gasteiger charge is 2.07. The van der Waals surface area contributed by atoms with Crippen LogP contribution in [-0.2, 0) is 18.4 Å². The molecule has 0 spiro atoms. The maximum absolute atomic E-state index is 12.1. The fraction of sp³-hybridized carbons (Fsp3) is 0.154. The standard InChI is InChI=1S/C13H13N3O2/c1-3-12(17)14-8-11-15-10-7-5-4-6-9(10)13(18)16(11)2/h3-7H,1,8H2,2H3,(H,14,17). The monoisotopic (exact) mass is 243 g/mol.